The van der Waals surface area contributed by atoms with Gasteiger partial charge in [0.1, 0.15) is 0 Å². The van der Waals surface area contributed by atoms with Crippen LogP contribution in [0.5, 0.6) is 0 Å². The first kappa shape index (κ1) is 21.5. The van der Waals surface area contributed by atoms with Crippen molar-refractivity contribution in [3.05, 3.63) is 68.8 Å². The lowest BCUT2D eigenvalue weighted by Gasteiger charge is -2.19. The number of nitrogens with zero attached hydrogens (tertiary/aromatic N) is 2. The second-order valence-corrected chi connectivity index (χ2v) is 6.99. The smallest absolute Gasteiger partial charge is 0.319 e. The van der Waals surface area contributed by atoms with Crippen LogP contribution in [-0.4, -0.2) is 34.5 Å². The molecular formula is C19H20N6O6. The molecule has 12 nitrogen and oxygen atoms in total. The summed E-state index contributed by atoms with van der Waals surface area (Å²) in [5.41, 5.74) is 0.257. The van der Waals surface area contributed by atoms with Crippen molar-refractivity contribution in [1.82, 2.24) is 10.6 Å². The average Bonchev–Trinajstić information content (AvgIpc) is 3.56. The standard InChI is InChI=1S/C19H20N6O6/c26-18(21-13-3-1-5-15(9-13)24(28)29)20-11-17(12-7-8-12)23-19(27)22-14-4-2-6-16(10-14)25(30)31/h1-6,9-10,12,17H,7-8,11H2,(H2,20,21,26)(H2,22,23,27). The number of hydrogen-bond donors (Lipinski definition) is 4. The van der Waals surface area contributed by atoms with E-state index in [4.69, 9.17) is 0 Å². The predicted octanol–water partition coefficient (Wildman–Crippen LogP) is 3.22. The third kappa shape index (κ3) is 6.39. The van der Waals surface area contributed by atoms with Gasteiger partial charge in [-0.15, -0.1) is 0 Å². The molecule has 1 aliphatic rings. The number of benzene rings is 2. The van der Waals surface area contributed by atoms with Gasteiger partial charge < -0.3 is 21.3 Å². The van der Waals surface area contributed by atoms with E-state index in [0.717, 1.165) is 12.8 Å². The number of hydrogen-bond acceptors (Lipinski definition) is 6. The molecule has 162 valence electrons. The molecule has 3 rings (SSSR count). The molecule has 0 spiro atoms. The van der Waals surface area contributed by atoms with Gasteiger partial charge in [0.2, 0.25) is 0 Å². The van der Waals surface area contributed by atoms with Crippen LogP contribution in [0, 0.1) is 26.1 Å². The van der Waals surface area contributed by atoms with Crippen molar-refractivity contribution in [2.75, 3.05) is 17.2 Å². The Hall–Kier alpha value is -4.22. The number of amides is 4. The van der Waals surface area contributed by atoms with Gasteiger partial charge in [0.15, 0.2) is 0 Å². The molecule has 0 heterocycles. The second-order valence-electron chi connectivity index (χ2n) is 6.99. The topological polar surface area (TPSA) is 169 Å². The predicted molar refractivity (Wildman–Crippen MR) is 112 cm³/mol. The Balaban J connectivity index is 1.52. The van der Waals surface area contributed by atoms with Crippen LogP contribution in [0.25, 0.3) is 0 Å². The van der Waals surface area contributed by atoms with Crippen LogP contribution in [0.2, 0.25) is 0 Å². The summed E-state index contributed by atoms with van der Waals surface area (Å²) >= 11 is 0. The van der Waals surface area contributed by atoms with Gasteiger partial charge in [-0.2, -0.15) is 0 Å². The third-order valence-corrected chi connectivity index (χ3v) is 4.62. The maximum atomic E-state index is 12.3. The van der Waals surface area contributed by atoms with Crippen LogP contribution < -0.4 is 21.3 Å². The Morgan fingerprint density at radius 2 is 1.42 bits per heavy atom. The highest BCUT2D eigenvalue weighted by molar-refractivity contribution is 5.91. The van der Waals surface area contributed by atoms with Gasteiger partial charge in [-0.25, -0.2) is 9.59 Å². The summed E-state index contributed by atoms with van der Waals surface area (Å²) in [5.74, 6) is 0.203. The van der Waals surface area contributed by atoms with Crippen LogP contribution in [-0.2, 0) is 0 Å². The summed E-state index contributed by atoms with van der Waals surface area (Å²) in [6.07, 6.45) is 1.80. The molecule has 4 N–H and O–H groups in total. The molecule has 1 unspecified atom stereocenters. The van der Waals surface area contributed by atoms with E-state index in [9.17, 15) is 29.8 Å². The first-order valence-electron chi connectivity index (χ1n) is 9.43. The van der Waals surface area contributed by atoms with Crippen molar-refractivity contribution in [3.63, 3.8) is 0 Å². The summed E-state index contributed by atoms with van der Waals surface area (Å²) in [4.78, 5) is 45.0. The van der Waals surface area contributed by atoms with Crippen molar-refractivity contribution < 1.29 is 19.4 Å². The molecular weight excluding hydrogens is 408 g/mol. The van der Waals surface area contributed by atoms with Gasteiger partial charge >= 0.3 is 12.1 Å². The molecule has 4 amide bonds. The first-order chi connectivity index (χ1) is 14.8. The highest BCUT2D eigenvalue weighted by Gasteiger charge is 2.32. The van der Waals surface area contributed by atoms with E-state index in [1.54, 1.807) is 0 Å². The molecule has 0 bridgehead atoms. The minimum Gasteiger partial charge on any atom is -0.336 e. The Morgan fingerprint density at radius 3 is 1.90 bits per heavy atom. The molecule has 0 saturated heterocycles. The van der Waals surface area contributed by atoms with Crippen molar-refractivity contribution >= 4 is 34.8 Å². The molecule has 0 aromatic heterocycles. The second kappa shape index (κ2) is 9.52. The van der Waals surface area contributed by atoms with Crippen LogP contribution in [0.1, 0.15) is 12.8 Å². The molecule has 0 aliphatic heterocycles. The number of nitrogens with one attached hydrogen (secondary N) is 4. The van der Waals surface area contributed by atoms with Crippen molar-refractivity contribution in [1.29, 1.82) is 0 Å². The monoisotopic (exact) mass is 428 g/mol. The number of nitro groups is 2. The first-order valence-corrected chi connectivity index (χ1v) is 9.43. The molecule has 2 aromatic carbocycles. The quantitative estimate of drug-likeness (QED) is 0.372. The number of non-ortho nitro benzene ring substituents is 2. The number of nitro benzene ring substituents is 2. The van der Waals surface area contributed by atoms with E-state index in [2.05, 4.69) is 21.3 Å². The zero-order valence-electron chi connectivity index (χ0n) is 16.2. The lowest BCUT2D eigenvalue weighted by atomic mass is 10.2. The Kier molecular flexibility index (Phi) is 6.60. The molecule has 1 aliphatic carbocycles. The number of carbonyl (C=O) groups excluding carboxylic acids is 2. The average molecular weight is 428 g/mol. The van der Waals surface area contributed by atoms with Gasteiger partial charge in [-0.05, 0) is 30.9 Å². The number of carbonyl (C=O) groups is 2. The van der Waals surface area contributed by atoms with Gasteiger partial charge in [0, 0.05) is 42.2 Å². The number of rotatable bonds is 8. The molecule has 2 aromatic rings. The molecule has 1 fully saturated rings. The maximum Gasteiger partial charge on any atom is 0.319 e. The van der Waals surface area contributed by atoms with Crippen LogP contribution in [0.15, 0.2) is 48.5 Å². The van der Waals surface area contributed by atoms with E-state index >= 15 is 0 Å². The molecule has 0 radical (unpaired) electrons. The summed E-state index contributed by atoms with van der Waals surface area (Å²) in [6.45, 7) is 0.147. The van der Waals surface area contributed by atoms with Gasteiger partial charge in [-0.1, -0.05) is 12.1 Å². The molecule has 31 heavy (non-hydrogen) atoms. The minimum atomic E-state index is -0.563. The SMILES string of the molecule is O=C(NCC(NC(=O)Nc1cccc([N+](=O)[O-])c1)C1CC1)Nc1cccc([N+](=O)[O-])c1. The number of urea groups is 2. The summed E-state index contributed by atoms with van der Waals surface area (Å²) in [5, 5.41) is 32.1. The third-order valence-electron chi connectivity index (χ3n) is 4.62. The van der Waals surface area contributed by atoms with Crippen LogP contribution in [0.3, 0.4) is 0 Å². The van der Waals surface area contributed by atoms with Crippen molar-refractivity contribution in [3.8, 4) is 0 Å². The van der Waals surface area contributed by atoms with Crippen LogP contribution in [0.4, 0.5) is 32.3 Å². The lowest BCUT2D eigenvalue weighted by Crippen LogP contribution is -2.47. The number of anilines is 2. The summed E-state index contributed by atoms with van der Waals surface area (Å²) < 4.78 is 0. The highest BCUT2D eigenvalue weighted by Crippen LogP contribution is 2.32. The molecule has 1 atom stereocenters. The van der Waals surface area contributed by atoms with Crippen molar-refractivity contribution in [2.24, 2.45) is 5.92 Å². The van der Waals surface area contributed by atoms with E-state index in [0.29, 0.717) is 0 Å². The highest BCUT2D eigenvalue weighted by atomic mass is 16.6. The maximum absolute atomic E-state index is 12.3. The van der Waals surface area contributed by atoms with Gasteiger partial charge in [-0.3, -0.25) is 20.2 Å². The van der Waals surface area contributed by atoms with Crippen molar-refractivity contribution in [2.45, 2.75) is 18.9 Å². The Bertz CT molecular complexity index is 1010. The van der Waals surface area contributed by atoms with E-state index < -0.39 is 21.9 Å². The zero-order valence-corrected chi connectivity index (χ0v) is 16.2. The minimum absolute atomic E-state index is 0.143. The Labute approximate surface area is 176 Å². The van der Waals surface area contributed by atoms with E-state index in [1.165, 1.54) is 48.5 Å². The van der Waals surface area contributed by atoms with E-state index in [-0.39, 0.29) is 41.3 Å². The fourth-order valence-electron chi connectivity index (χ4n) is 2.94. The lowest BCUT2D eigenvalue weighted by molar-refractivity contribution is -0.385. The normalized spacial score (nSPS) is 13.5. The summed E-state index contributed by atoms with van der Waals surface area (Å²) in [6, 6.07) is 9.65. The zero-order chi connectivity index (χ0) is 22.4. The van der Waals surface area contributed by atoms with Gasteiger partial charge in [0.05, 0.1) is 15.9 Å². The molecule has 1 saturated carbocycles. The van der Waals surface area contributed by atoms with Gasteiger partial charge in [0.25, 0.3) is 11.4 Å². The van der Waals surface area contributed by atoms with Crippen LogP contribution >= 0.6 is 0 Å². The molecule has 12 heteroatoms. The fourth-order valence-corrected chi connectivity index (χ4v) is 2.94. The van der Waals surface area contributed by atoms with E-state index in [1.807, 2.05) is 0 Å². The largest absolute Gasteiger partial charge is 0.336 e. The Morgan fingerprint density at radius 1 is 0.903 bits per heavy atom. The summed E-state index contributed by atoms with van der Waals surface area (Å²) in [7, 11) is 0. The fraction of sp³-hybridized carbons (Fsp3) is 0.263.